The fourth-order valence-electron chi connectivity index (χ4n) is 2.78. The Kier molecular flexibility index (Phi) is 5.32. The van der Waals surface area contributed by atoms with E-state index in [9.17, 15) is 12.8 Å². The molecule has 0 aliphatic heterocycles. The van der Waals surface area contributed by atoms with Gasteiger partial charge in [-0.15, -0.1) is 0 Å². The Morgan fingerprint density at radius 1 is 0.933 bits per heavy atom. The lowest BCUT2D eigenvalue weighted by molar-refractivity contribution is 0.581. The van der Waals surface area contributed by atoms with E-state index in [2.05, 4.69) is 10.3 Å². The van der Waals surface area contributed by atoms with Crippen molar-refractivity contribution in [3.63, 3.8) is 0 Å². The summed E-state index contributed by atoms with van der Waals surface area (Å²) in [6, 6.07) is 18.6. The lowest BCUT2D eigenvalue weighted by Crippen LogP contribution is -2.05. The smallest absolute Gasteiger partial charge is 0.238 e. The molecule has 0 unspecified atom stereocenters. The van der Waals surface area contributed by atoms with Crippen molar-refractivity contribution in [2.75, 3.05) is 5.32 Å². The molecule has 0 atom stereocenters. The Morgan fingerprint density at radius 2 is 1.57 bits per heavy atom. The van der Waals surface area contributed by atoms with Crippen LogP contribution in [-0.4, -0.2) is 13.4 Å². The van der Waals surface area contributed by atoms with Crippen molar-refractivity contribution in [1.29, 1.82) is 0 Å². The number of hydrogen-bond donors (Lipinski definition) is 1. The summed E-state index contributed by atoms with van der Waals surface area (Å²) < 4.78 is 45.6. The van der Waals surface area contributed by atoms with Crippen LogP contribution in [0.4, 0.5) is 16.0 Å². The number of benzene rings is 3. The number of oxazole rings is 1. The van der Waals surface area contributed by atoms with Gasteiger partial charge in [0.15, 0.2) is 0 Å². The molecule has 0 fully saturated rings. The standard InChI is InChI=1S/C22H16ClFN2O3S/c1-14-2-12-19(13-3-14)30(27,28)22-21(25-18-10-6-16(23)7-11-18)29-20(26-22)15-4-8-17(24)9-5-15/h2-13,25H,1H3. The number of rotatable bonds is 5. The molecule has 0 radical (unpaired) electrons. The molecule has 0 spiro atoms. The SMILES string of the molecule is Cc1ccc(S(=O)(=O)c2nc(-c3ccc(F)cc3)oc2Nc2ccc(Cl)cc2)cc1. The van der Waals surface area contributed by atoms with Crippen LogP contribution >= 0.6 is 11.6 Å². The van der Waals surface area contributed by atoms with E-state index in [1.54, 1.807) is 36.4 Å². The van der Waals surface area contributed by atoms with Crippen LogP contribution in [0.15, 0.2) is 87.1 Å². The Labute approximate surface area is 178 Å². The number of nitrogens with one attached hydrogen (secondary N) is 1. The molecule has 1 aromatic heterocycles. The highest BCUT2D eigenvalue weighted by Gasteiger charge is 2.28. The van der Waals surface area contributed by atoms with Crippen LogP contribution < -0.4 is 5.32 Å². The number of anilines is 2. The van der Waals surface area contributed by atoms with Gasteiger partial charge in [0.1, 0.15) is 5.82 Å². The maximum absolute atomic E-state index is 13.3. The molecule has 0 bridgehead atoms. The maximum Gasteiger partial charge on any atom is 0.238 e. The van der Waals surface area contributed by atoms with E-state index in [0.717, 1.165) is 5.56 Å². The zero-order chi connectivity index (χ0) is 21.3. The molecule has 8 heteroatoms. The van der Waals surface area contributed by atoms with Gasteiger partial charge < -0.3 is 9.73 Å². The third-order valence-corrected chi connectivity index (χ3v) is 6.31. The molecule has 30 heavy (non-hydrogen) atoms. The monoisotopic (exact) mass is 442 g/mol. The Hall–Kier alpha value is -3.16. The number of nitrogens with zero attached hydrogens (tertiary/aromatic N) is 1. The van der Waals surface area contributed by atoms with Crippen molar-refractivity contribution in [2.24, 2.45) is 0 Å². The number of aromatic nitrogens is 1. The van der Waals surface area contributed by atoms with E-state index in [4.69, 9.17) is 16.0 Å². The lowest BCUT2D eigenvalue weighted by Gasteiger charge is -2.06. The summed E-state index contributed by atoms with van der Waals surface area (Å²) >= 11 is 5.92. The van der Waals surface area contributed by atoms with Crippen molar-refractivity contribution in [1.82, 2.24) is 4.98 Å². The summed E-state index contributed by atoms with van der Waals surface area (Å²) in [5, 5.41) is 3.22. The van der Waals surface area contributed by atoms with E-state index in [1.165, 1.54) is 36.4 Å². The van der Waals surface area contributed by atoms with Crippen molar-refractivity contribution >= 4 is 33.0 Å². The molecule has 0 saturated heterocycles. The van der Waals surface area contributed by atoms with E-state index in [-0.39, 0.29) is 21.7 Å². The van der Waals surface area contributed by atoms with Gasteiger partial charge in [0, 0.05) is 16.3 Å². The molecule has 1 N–H and O–H groups in total. The molecule has 4 aromatic rings. The second kappa shape index (κ2) is 7.93. The molecule has 1 heterocycles. The maximum atomic E-state index is 13.3. The molecular formula is C22H16ClFN2O3S. The molecule has 3 aromatic carbocycles. The van der Waals surface area contributed by atoms with Crippen LogP contribution in [0.5, 0.6) is 0 Å². The second-order valence-corrected chi connectivity index (χ2v) is 8.91. The van der Waals surface area contributed by atoms with Crippen molar-refractivity contribution in [3.05, 3.63) is 89.2 Å². The minimum atomic E-state index is -3.98. The average Bonchev–Trinajstić information content (AvgIpc) is 3.15. The van der Waals surface area contributed by atoms with Gasteiger partial charge in [-0.2, -0.15) is 4.98 Å². The van der Waals surface area contributed by atoms with Crippen LogP contribution in [0.2, 0.25) is 5.02 Å². The minimum absolute atomic E-state index is 0.0442. The Morgan fingerprint density at radius 3 is 2.20 bits per heavy atom. The van der Waals surface area contributed by atoms with Crippen LogP contribution in [0.3, 0.4) is 0 Å². The van der Waals surface area contributed by atoms with Crippen LogP contribution in [-0.2, 0) is 9.84 Å². The fourth-order valence-corrected chi connectivity index (χ4v) is 4.16. The van der Waals surface area contributed by atoms with Crippen LogP contribution in [0.25, 0.3) is 11.5 Å². The number of sulfone groups is 1. The fraction of sp³-hybridized carbons (Fsp3) is 0.0455. The first-order valence-electron chi connectivity index (χ1n) is 8.94. The highest BCUT2D eigenvalue weighted by Crippen LogP contribution is 2.34. The van der Waals surface area contributed by atoms with Gasteiger partial charge in [-0.25, -0.2) is 12.8 Å². The number of hydrogen-bond acceptors (Lipinski definition) is 5. The van der Waals surface area contributed by atoms with Gasteiger partial charge in [0.05, 0.1) is 4.90 Å². The first-order valence-corrected chi connectivity index (χ1v) is 10.8. The summed E-state index contributed by atoms with van der Waals surface area (Å²) in [6.45, 7) is 1.87. The average molecular weight is 443 g/mol. The summed E-state index contributed by atoms with van der Waals surface area (Å²) in [5.41, 5.74) is 1.95. The Bertz CT molecular complexity index is 1280. The third-order valence-electron chi connectivity index (χ3n) is 4.38. The zero-order valence-electron chi connectivity index (χ0n) is 15.8. The van der Waals surface area contributed by atoms with Gasteiger partial charge in [0.25, 0.3) is 0 Å². The van der Waals surface area contributed by atoms with E-state index < -0.39 is 15.7 Å². The van der Waals surface area contributed by atoms with Gasteiger partial charge in [0.2, 0.25) is 26.6 Å². The number of halogens is 2. The normalized spacial score (nSPS) is 11.4. The molecule has 0 amide bonds. The molecule has 0 saturated carbocycles. The molecule has 5 nitrogen and oxygen atoms in total. The van der Waals surface area contributed by atoms with E-state index in [0.29, 0.717) is 16.3 Å². The number of aryl methyl sites for hydroxylation is 1. The molecular weight excluding hydrogens is 427 g/mol. The largest absolute Gasteiger partial charge is 0.419 e. The van der Waals surface area contributed by atoms with Crippen molar-refractivity contribution in [2.45, 2.75) is 16.8 Å². The highest BCUT2D eigenvalue weighted by molar-refractivity contribution is 7.91. The summed E-state index contributed by atoms with van der Waals surface area (Å²) in [5.74, 6) is -0.410. The van der Waals surface area contributed by atoms with Gasteiger partial charge in [-0.3, -0.25) is 0 Å². The summed E-state index contributed by atoms with van der Waals surface area (Å²) in [7, 11) is -3.98. The van der Waals surface area contributed by atoms with E-state index >= 15 is 0 Å². The first kappa shape index (κ1) is 20.1. The van der Waals surface area contributed by atoms with Gasteiger partial charge in [-0.05, 0) is 67.6 Å². The quantitative estimate of drug-likeness (QED) is 0.409. The topological polar surface area (TPSA) is 72.2 Å². The van der Waals surface area contributed by atoms with Crippen LogP contribution in [0, 0.1) is 12.7 Å². The van der Waals surface area contributed by atoms with Crippen LogP contribution in [0.1, 0.15) is 5.56 Å². The molecule has 152 valence electrons. The Balaban J connectivity index is 1.83. The molecule has 4 rings (SSSR count). The van der Waals surface area contributed by atoms with E-state index in [1.807, 2.05) is 6.92 Å². The highest BCUT2D eigenvalue weighted by atomic mass is 35.5. The van der Waals surface area contributed by atoms with Gasteiger partial charge >= 0.3 is 0 Å². The molecule has 0 aliphatic rings. The van der Waals surface area contributed by atoms with Gasteiger partial charge in [-0.1, -0.05) is 29.3 Å². The van der Waals surface area contributed by atoms with Crippen molar-refractivity contribution < 1.29 is 17.2 Å². The third kappa shape index (κ3) is 4.08. The predicted molar refractivity (Wildman–Crippen MR) is 113 cm³/mol. The minimum Gasteiger partial charge on any atom is -0.419 e. The zero-order valence-corrected chi connectivity index (χ0v) is 17.3. The second-order valence-electron chi connectivity index (χ2n) is 6.61. The summed E-state index contributed by atoms with van der Waals surface area (Å²) in [6.07, 6.45) is 0. The summed E-state index contributed by atoms with van der Waals surface area (Å²) in [4.78, 5) is 4.32. The van der Waals surface area contributed by atoms with Crippen molar-refractivity contribution in [3.8, 4) is 11.5 Å². The molecule has 0 aliphatic carbocycles. The predicted octanol–water partition coefficient (Wildman–Crippen LogP) is 6.02. The lowest BCUT2D eigenvalue weighted by atomic mass is 10.2. The first-order chi connectivity index (χ1) is 14.3.